The number of likely N-dealkylation sites (tertiary alicyclic amines) is 1. The van der Waals surface area contributed by atoms with E-state index in [-0.39, 0.29) is 11.6 Å². The maximum Gasteiger partial charge on any atom is 0.257 e. The summed E-state index contributed by atoms with van der Waals surface area (Å²) in [6.45, 7) is 4.49. The van der Waals surface area contributed by atoms with Crippen LogP contribution in [0.5, 0.6) is 0 Å². The molecule has 1 amide bonds. The fourth-order valence-corrected chi connectivity index (χ4v) is 3.85. The van der Waals surface area contributed by atoms with Crippen molar-refractivity contribution in [1.29, 1.82) is 5.26 Å². The standard InChI is InChI=1S/C21H26N8O/c22-10-16-12-26-20(14-24-16)28-19-9-18(25-11-15-3-5-23-6-4-15)17(13-27-19)21(30)29-7-1-2-8-29/h9,12-15,23H,1-8,11H2,(H2,25,26,27,28). The molecule has 3 N–H and O–H groups in total. The molecule has 2 aromatic rings. The summed E-state index contributed by atoms with van der Waals surface area (Å²) in [5.41, 5.74) is 1.64. The van der Waals surface area contributed by atoms with Crippen molar-refractivity contribution in [2.75, 3.05) is 43.4 Å². The minimum absolute atomic E-state index is 0.0255. The lowest BCUT2D eigenvalue weighted by Gasteiger charge is -2.24. The molecule has 0 saturated carbocycles. The first kappa shape index (κ1) is 20.0. The van der Waals surface area contributed by atoms with Gasteiger partial charge in [0.15, 0.2) is 5.69 Å². The van der Waals surface area contributed by atoms with Gasteiger partial charge in [-0.2, -0.15) is 5.26 Å². The highest BCUT2D eigenvalue weighted by atomic mass is 16.2. The second-order valence-electron chi connectivity index (χ2n) is 7.71. The smallest absolute Gasteiger partial charge is 0.257 e. The summed E-state index contributed by atoms with van der Waals surface area (Å²) < 4.78 is 0. The Morgan fingerprint density at radius 1 is 1.13 bits per heavy atom. The van der Waals surface area contributed by atoms with E-state index in [1.807, 2.05) is 17.0 Å². The molecule has 0 aromatic carbocycles. The number of nitrogens with zero attached hydrogens (tertiary/aromatic N) is 5. The van der Waals surface area contributed by atoms with Crippen LogP contribution < -0.4 is 16.0 Å². The number of aromatic nitrogens is 3. The lowest BCUT2D eigenvalue weighted by Crippen LogP contribution is -2.32. The van der Waals surface area contributed by atoms with Gasteiger partial charge in [-0.25, -0.2) is 15.0 Å². The van der Waals surface area contributed by atoms with Crippen LogP contribution in [0.1, 0.15) is 41.7 Å². The molecular weight excluding hydrogens is 380 g/mol. The van der Waals surface area contributed by atoms with E-state index < -0.39 is 0 Å². The number of rotatable bonds is 6. The molecule has 2 saturated heterocycles. The van der Waals surface area contributed by atoms with E-state index in [9.17, 15) is 4.79 Å². The SMILES string of the molecule is N#Cc1cnc(Nc2cc(NCC3CCNCC3)c(C(=O)N3CCCC3)cn2)cn1. The van der Waals surface area contributed by atoms with E-state index in [2.05, 4.69) is 30.9 Å². The minimum Gasteiger partial charge on any atom is -0.384 e. The van der Waals surface area contributed by atoms with E-state index in [0.717, 1.165) is 64.1 Å². The molecule has 9 nitrogen and oxygen atoms in total. The molecule has 2 aliphatic rings. The van der Waals surface area contributed by atoms with Gasteiger partial charge in [-0.15, -0.1) is 0 Å². The number of pyridine rings is 1. The van der Waals surface area contributed by atoms with Crippen molar-refractivity contribution >= 4 is 23.2 Å². The summed E-state index contributed by atoms with van der Waals surface area (Å²) in [4.78, 5) is 27.5. The van der Waals surface area contributed by atoms with Crippen LogP contribution in [0.4, 0.5) is 17.3 Å². The van der Waals surface area contributed by atoms with Gasteiger partial charge in [0.2, 0.25) is 0 Å². The average Bonchev–Trinajstić information content (AvgIpc) is 3.34. The van der Waals surface area contributed by atoms with Crippen LogP contribution in [0, 0.1) is 17.2 Å². The van der Waals surface area contributed by atoms with Gasteiger partial charge in [0, 0.05) is 31.9 Å². The van der Waals surface area contributed by atoms with Gasteiger partial charge in [0.25, 0.3) is 5.91 Å². The molecular formula is C21H26N8O. The fourth-order valence-electron chi connectivity index (χ4n) is 3.85. The minimum atomic E-state index is 0.0255. The number of nitrogens with one attached hydrogen (secondary N) is 3. The van der Waals surface area contributed by atoms with Gasteiger partial charge < -0.3 is 20.9 Å². The van der Waals surface area contributed by atoms with Crippen molar-refractivity contribution in [3.05, 3.63) is 35.9 Å². The summed E-state index contributed by atoms with van der Waals surface area (Å²) in [5.74, 6) is 1.66. The van der Waals surface area contributed by atoms with Crippen molar-refractivity contribution in [3.63, 3.8) is 0 Å². The maximum atomic E-state index is 13.0. The summed E-state index contributed by atoms with van der Waals surface area (Å²) in [6, 6.07) is 3.80. The van der Waals surface area contributed by atoms with Crippen LogP contribution in [-0.4, -0.2) is 58.5 Å². The van der Waals surface area contributed by atoms with Gasteiger partial charge in [-0.1, -0.05) is 0 Å². The number of amides is 1. The number of carbonyl (C=O) groups is 1. The van der Waals surface area contributed by atoms with Crippen molar-refractivity contribution in [1.82, 2.24) is 25.2 Å². The highest BCUT2D eigenvalue weighted by Crippen LogP contribution is 2.25. The largest absolute Gasteiger partial charge is 0.384 e. The number of hydrogen-bond donors (Lipinski definition) is 3. The number of nitriles is 1. The van der Waals surface area contributed by atoms with Gasteiger partial charge in [0.05, 0.1) is 23.6 Å². The Bertz CT molecular complexity index is 912. The quantitative estimate of drug-likeness (QED) is 0.668. The van der Waals surface area contributed by atoms with Crippen LogP contribution in [-0.2, 0) is 0 Å². The zero-order valence-electron chi connectivity index (χ0n) is 16.9. The van der Waals surface area contributed by atoms with Crippen LogP contribution in [0.2, 0.25) is 0 Å². The first-order chi connectivity index (χ1) is 14.7. The van der Waals surface area contributed by atoms with Gasteiger partial charge in [0.1, 0.15) is 17.7 Å². The Kier molecular flexibility index (Phi) is 6.35. The Balaban J connectivity index is 1.53. The molecule has 0 radical (unpaired) electrons. The zero-order valence-corrected chi connectivity index (χ0v) is 16.9. The van der Waals surface area contributed by atoms with Crippen molar-refractivity contribution in [2.45, 2.75) is 25.7 Å². The summed E-state index contributed by atoms with van der Waals surface area (Å²) >= 11 is 0. The first-order valence-corrected chi connectivity index (χ1v) is 10.5. The third-order valence-corrected chi connectivity index (χ3v) is 5.59. The predicted octanol–water partition coefficient (Wildman–Crippen LogP) is 2.13. The van der Waals surface area contributed by atoms with E-state index in [1.165, 1.54) is 12.4 Å². The van der Waals surface area contributed by atoms with Crippen molar-refractivity contribution in [2.24, 2.45) is 5.92 Å². The topological polar surface area (TPSA) is 119 Å². The lowest BCUT2D eigenvalue weighted by molar-refractivity contribution is 0.0793. The third kappa shape index (κ3) is 4.83. The maximum absolute atomic E-state index is 13.0. The molecule has 0 atom stereocenters. The van der Waals surface area contributed by atoms with Gasteiger partial charge in [-0.05, 0) is 44.7 Å². The Hall–Kier alpha value is -3.25. The molecule has 0 aliphatic carbocycles. The highest BCUT2D eigenvalue weighted by Gasteiger charge is 2.23. The van der Waals surface area contributed by atoms with Crippen molar-refractivity contribution in [3.8, 4) is 6.07 Å². The molecule has 9 heteroatoms. The van der Waals surface area contributed by atoms with E-state index in [0.29, 0.717) is 23.1 Å². The molecule has 0 unspecified atom stereocenters. The zero-order chi connectivity index (χ0) is 20.8. The lowest BCUT2D eigenvalue weighted by atomic mass is 9.98. The molecule has 4 heterocycles. The second-order valence-corrected chi connectivity index (χ2v) is 7.71. The second kappa shape index (κ2) is 9.50. The Labute approximate surface area is 175 Å². The molecule has 0 bridgehead atoms. The molecule has 4 rings (SSSR count). The van der Waals surface area contributed by atoms with Crippen LogP contribution in [0.3, 0.4) is 0 Å². The molecule has 30 heavy (non-hydrogen) atoms. The Morgan fingerprint density at radius 3 is 2.60 bits per heavy atom. The summed E-state index contributed by atoms with van der Waals surface area (Å²) in [7, 11) is 0. The molecule has 2 fully saturated rings. The Morgan fingerprint density at radius 2 is 1.90 bits per heavy atom. The summed E-state index contributed by atoms with van der Waals surface area (Å²) in [6.07, 6.45) is 8.88. The predicted molar refractivity (Wildman–Crippen MR) is 113 cm³/mol. The van der Waals surface area contributed by atoms with Crippen LogP contribution in [0.25, 0.3) is 0 Å². The summed E-state index contributed by atoms with van der Waals surface area (Å²) in [5, 5.41) is 18.8. The van der Waals surface area contributed by atoms with Crippen LogP contribution in [0.15, 0.2) is 24.7 Å². The van der Waals surface area contributed by atoms with Crippen LogP contribution >= 0.6 is 0 Å². The molecule has 2 aliphatic heterocycles. The molecule has 2 aromatic heterocycles. The monoisotopic (exact) mass is 406 g/mol. The van der Waals surface area contributed by atoms with Gasteiger partial charge >= 0.3 is 0 Å². The number of anilines is 3. The average molecular weight is 406 g/mol. The normalized spacial score (nSPS) is 16.8. The molecule has 0 spiro atoms. The van der Waals surface area contributed by atoms with Gasteiger partial charge in [-0.3, -0.25) is 4.79 Å². The number of carbonyl (C=O) groups excluding carboxylic acids is 1. The molecule has 156 valence electrons. The van der Waals surface area contributed by atoms with E-state index >= 15 is 0 Å². The van der Waals surface area contributed by atoms with Crippen molar-refractivity contribution < 1.29 is 4.79 Å². The van der Waals surface area contributed by atoms with E-state index in [1.54, 1.807) is 6.20 Å². The third-order valence-electron chi connectivity index (χ3n) is 5.59. The number of hydrogen-bond acceptors (Lipinski definition) is 8. The van der Waals surface area contributed by atoms with E-state index in [4.69, 9.17) is 5.26 Å². The number of piperidine rings is 1. The first-order valence-electron chi connectivity index (χ1n) is 10.5. The fraction of sp³-hybridized carbons (Fsp3) is 0.476. The highest BCUT2D eigenvalue weighted by molar-refractivity contribution is 6.00.